The summed E-state index contributed by atoms with van der Waals surface area (Å²) in [5, 5.41) is 5.73. The van der Waals surface area contributed by atoms with Crippen molar-refractivity contribution in [3.8, 4) is 0 Å². The average Bonchev–Trinajstić information content (AvgIpc) is 2.72. The fourth-order valence-electron chi connectivity index (χ4n) is 3.68. The molecular formula is C18H31N3O3. The van der Waals surface area contributed by atoms with E-state index in [9.17, 15) is 14.4 Å². The van der Waals surface area contributed by atoms with Crippen LogP contribution in [0.1, 0.15) is 72.1 Å². The van der Waals surface area contributed by atoms with Crippen LogP contribution in [-0.2, 0) is 9.59 Å². The van der Waals surface area contributed by atoms with Gasteiger partial charge in [-0.2, -0.15) is 0 Å². The van der Waals surface area contributed by atoms with Crippen LogP contribution in [-0.4, -0.2) is 40.9 Å². The van der Waals surface area contributed by atoms with E-state index in [0.717, 1.165) is 43.4 Å². The number of amides is 4. The molecule has 1 saturated carbocycles. The highest BCUT2D eigenvalue weighted by Crippen LogP contribution is 2.33. The van der Waals surface area contributed by atoms with Crippen LogP contribution in [0.15, 0.2) is 0 Å². The number of urea groups is 1. The molecule has 1 spiro atoms. The number of carbonyl (C=O) groups is 3. The van der Waals surface area contributed by atoms with Gasteiger partial charge in [0.2, 0.25) is 5.91 Å². The van der Waals surface area contributed by atoms with Gasteiger partial charge in [0.05, 0.1) is 0 Å². The highest BCUT2D eigenvalue weighted by atomic mass is 16.2. The quantitative estimate of drug-likeness (QED) is 0.701. The topological polar surface area (TPSA) is 78.5 Å². The Morgan fingerprint density at radius 2 is 1.83 bits per heavy atom. The fourth-order valence-corrected chi connectivity index (χ4v) is 3.68. The summed E-state index contributed by atoms with van der Waals surface area (Å²) in [5.74, 6) is 0.170. The molecule has 0 aromatic carbocycles. The van der Waals surface area contributed by atoms with Gasteiger partial charge in [-0.05, 0) is 32.1 Å². The van der Waals surface area contributed by atoms with Crippen molar-refractivity contribution < 1.29 is 14.4 Å². The van der Waals surface area contributed by atoms with E-state index in [-0.39, 0.29) is 24.4 Å². The molecule has 6 nitrogen and oxygen atoms in total. The second kappa shape index (κ2) is 7.99. The van der Waals surface area contributed by atoms with Gasteiger partial charge in [0.1, 0.15) is 12.1 Å². The van der Waals surface area contributed by atoms with Crippen LogP contribution in [0, 0.1) is 5.92 Å². The van der Waals surface area contributed by atoms with Crippen molar-refractivity contribution in [3.05, 3.63) is 0 Å². The van der Waals surface area contributed by atoms with Gasteiger partial charge in [-0.1, -0.05) is 46.0 Å². The highest BCUT2D eigenvalue weighted by molar-refractivity contribution is 6.09. The summed E-state index contributed by atoms with van der Waals surface area (Å²) in [6.07, 6.45) is 7.45. The minimum absolute atomic E-state index is 0.0562. The maximum Gasteiger partial charge on any atom is 0.325 e. The molecule has 0 radical (unpaired) electrons. The molecule has 0 bridgehead atoms. The summed E-state index contributed by atoms with van der Waals surface area (Å²) in [5.41, 5.74) is -0.751. The molecule has 1 heterocycles. The van der Waals surface area contributed by atoms with Crippen molar-refractivity contribution in [3.63, 3.8) is 0 Å². The minimum Gasteiger partial charge on any atom is -0.352 e. The van der Waals surface area contributed by atoms with Gasteiger partial charge in [0.15, 0.2) is 0 Å². The van der Waals surface area contributed by atoms with Crippen molar-refractivity contribution in [2.75, 3.05) is 6.54 Å². The van der Waals surface area contributed by atoms with Crippen LogP contribution < -0.4 is 10.6 Å². The lowest BCUT2D eigenvalue weighted by Crippen LogP contribution is -2.49. The molecule has 136 valence electrons. The van der Waals surface area contributed by atoms with E-state index >= 15 is 0 Å². The Labute approximate surface area is 144 Å². The molecule has 6 heteroatoms. The number of nitrogens with one attached hydrogen (secondary N) is 2. The number of imide groups is 1. The first-order chi connectivity index (χ1) is 11.3. The van der Waals surface area contributed by atoms with Crippen molar-refractivity contribution in [2.45, 2.75) is 83.7 Å². The second-order valence-corrected chi connectivity index (χ2v) is 7.76. The average molecular weight is 337 g/mol. The predicted octanol–water partition coefficient (Wildman–Crippen LogP) is 2.57. The van der Waals surface area contributed by atoms with Crippen LogP contribution in [0.5, 0.6) is 0 Å². The fraction of sp³-hybridized carbons (Fsp3) is 0.833. The van der Waals surface area contributed by atoms with Gasteiger partial charge in [-0.25, -0.2) is 4.79 Å². The molecule has 0 unspecified atom stereocenters. The summed E-state index contributed by atoms with van der Waals surface area (Å²) in [4.78, 5) is 38.0. The molecule has 1 aliphatic carbocycles. The van der Waals surface area contributed by atoms with Crippen LogP contribution in [0.3, 0.4) is 0 Å². The number of nitrogens with zero attached hydrogens (tertiary/aromatic N) is 1. The summed E-state index contributed by atoms with van der Waals surface area (Å²) in [6, 6.07) is -0.370. The van der Waals surface area contributed by atoms with Crippen molar-refractivity contribution in [1.29, 1.82) is 0 Å². The van der Waals surface area contributed by atoms with Crippen LogP contribution in [0.4, 0.5) is 4.79 Å². The van der Waals surface area contributed by atoms with Crippen molar-refractivity contribution in [1.82, 2.24) is 15.5 Å². The molecule has 1 saturated heterocycles. The molecular weight excluding hydrogens is 306 g/mol. The lowest BCUT2D eigenvalue weighted by Gasteiger charge is -2.30. The molecule has 24 heavy (non-hydrogen) atoms. The van der Waals surface area contributed by atoms with E-state index < -0.39 is 11.6 Å². The van der Waals surface area contributed by atoms with E-state index in [2.05, 4.69) is 24.5 Å². The Morgan fingerprint density at radius 1 is 1.17 bits per heavy atom. The van der Waals surface area contributed by atoms with Gasteiger partial charge in [0.25, 0.3) is 5.91 Å². The number of rotatable bonds is 7. The van der Waals surface area contributed by atoms with Crippen molar-refractivity contribution >= 4 is 17.8 Å². The smallest absolute Gasteiger partial charge is 0.325 e. The lowest BCUT2D eigenvalue weighted by molar-refractivity contribution is -0.136. The second-order valence-electron chi connectivity index (χ2n) is 7.76. The molecule has 0 aromatic rings. The number of carbonyl (C=O) groups excluding carboxylic acids is 3. The zero-order chi connectivity index (χ0) is 17.7. The largest absolute Gasteiger partial charge is 0.352 e. The molecule has 4 amide bonds. The molecule has 2 aliphatic rings. The van der Waals surface area contributed by atoms with E-state index in [1.165, 1.54) is 0 Å². The van der Waals surface area contributed by atoms with Gasteiger partial charge < -0.3 is 10.6 Å². The normalized spacial score (nSPS) is 21.2. The van der Waals surface area contributed by atoms with Crippen molar-refractivity contribution in [2.24, 2.45) is 5.92 Å². The number of hydrogen-bond acceptors (Lipinski definition) is 3. The van der Waals surface area contributed by atoms with E-state index in [1.807, 2.05) is 6.92 Å². The van der Waals surface area contributed by atoms with Gasteiger partial charge in [-0.15, -0.1) is 0 Å². The summed E-state index contributed by atoms with van der Waals surface area (Å²) < 4.78 is 0. The molecule has 0 aromatic heterocycles. The summed E-state index contributed by atoms with van der Waals surface area (Å²) >= 11 is 0. The Bertz CT molecular complexity index is 484. The summed E-state index contributed by atoms with van der Waals surface area (Å²) in [6.45, 7) is 6.15. The highest BCUT2D eigenvalue weighted by Gasteiger charge is 2.51. The maximum atomic E-state index is 12.6. The number of hydrogen-bond donors (Lipinski definition) is 2. The van der Waals surface area contributed by atoms with Crippen LogP contribution in [0.2, 0.25) is 0 Å². The first-order valence-corrected chi connectivity index (χ1v) is 9.27. The van der Waals surface area contributed by atoms with E-state index in [1.54, 1.807) is 0 Å². The van der Waals surface area contributed by atoms with E-state index in [4.69, 9.17) is 0 Å². The molecule has 2 rings (SSSR count). The van der Waals surface area contributed by atoms with Crippen LogP contribution >= 0.6 is 0 Å². The third kappa shape index (κ3) is 4.48. The SMILES string of the molecule is CC(C)CCC[C@@H](C)NC(=O)CN1C(=O)NC2(CCCCC2)C1=O. The lowest BCUT2D eigenvalue weighted by atomic mass is 9.82. The third-order valence-corrected chi connectivity index (χ3v) is 5.08. The van der Waals surface area contributed by atoms with Gasteiger partial charge >= 0.3 is 6.03 Å². The zero-order valence-electron chi connectivity index (χ0n) is 15.2. The Balaban J connectivity index is 1.83. The molecule has 2 fully saturated rings. The van der Waals surface area contributed by atoms with E-state index in [0.29, 0.717) is 18.8 Å². The third-order valence-electron chi connectivity index (χ3n) is 5.08. The Hall–Kier alpha value is -1.59. The first kappa shape index (κ1) is 18.7. The minimum atomic E-state index is -0.751. The molecule has 1 aliphatic heterocycles. The van der Waals surface area contributed by atoms with Gasteiger partial charge in [0, 0.05) is 6.04 Å². The maximum absolute atomic E-state index is 12.6. The summed E-state index contributed by atoms with van der Waals surface area (Å²) in [7, 11) is 0. The monoisotopic (exact) mass is 337 g/mol. The molecule has 1 atom stereocenters. The standard InChI is InChI=1S/C18H31N3O3/c1-13(2)8-7-9-14(3)19-15(22)12-21-16(23)18(20-17(21)24)10-5-4-6-11-18/h13-14H,4-12H2,1-3H3,(H,19,22)(H,20,24)/t14-/m1/s1. The zero-order valence-corrected chi connectivity index (χ0v) is 15.2. The van der Waals surface area contributed by atoms with Crippen LogP contribution in [0.25, 0.3) is 0 Å². The predicted molar refractivity (Wildman–Crippen MR) is 92.4 cm³/mol. The molecule has 2 N–H and O–H groups in total. The Kier molecular flexibility index (Phi) is 6.24. The first-order valence-electron chi connectivity index (χ1n) is 9.27. The Morgan fingerprint density at radius 3 is 2.46 bits per heavy atom. The van der Waals surface area contributed by atoms with Gasteiger partial charge in [-0.3, -0.25) is 14.5 Å².